The van der Waals surface area contributed by atoms with Crippen LogP contribution >= 0.6 is 24.4 Å². The first kappa shape index (κ1) is 24.3. The summed E-state index contributed by atoms with van der Waals surface area (Å²) >= 11 is 5.45. The monoisotopic (exact) mass is 408 g/mol. The Kier molecular flexibility index (Phi) is 12.7. The minimum atomic E-state index is -1.21. The summed E-state index contributed by atoms with van der Waals surface area (Å²) in [5, 5.41) is 13.9. The third kappa shape index (κ3) is 10.4. The van der Waals surface area contributed by atoms with E-state index in [1.54, 1.807) is 11.8 Å². The smallest absolute Gasteiger partial charge is 0.327 e. The molecule has 0 aliphatic rings. The molecular formula is C14H28N6O4S2. The number of rotatable bonds is 13. The molecule has 26 heavy (non-hydrogen) atoms. The number of thioether (sulfide) groups is 1. The Balaban J connectivity index is 4.91. The van der Waals surface area contributed by atoms with Crippen LogP contribution in [-0.4, -0.2) is 71.3 Å². The zero-order valence-corrected chi connectivity index (χ0v) is 16.4. The van der Waals surface area contributed by atoms with E-state index in [1.165, 1.54) is 0 Å². The van der Waals surface area contributed by atoms with Crippen molar-refractivity contribution in [3.05, 3.63) is 0 Å². The summed E-state index contributed by atoms with van der Waals surface area (Å²) < 4.78 is 0. The standard InChI is InChI=1S/C14H28N6O4S2/c1-26-6-4-8(15)11(21)19-9(3-2-5-18-14(16)17)12(22)20-10(7-25)13(23)24/h8-10,25H,2-7,15H2,1H3,(H,19,21)(H,20,22)(H,23,24)(H4,16,17,18). The van der Waals surface area contributed by atoms with Gasteiger partial charge in [0.15, 0.2) is 5.96 Å². The SMILES string of the molecule is CSCCC(N)C(=O)NC(CCCN=C(N)N)C(=O)NC(CS)C(=O)O. The van der Waals surface area contributed by atoms with Gasteiger partial charge < -0.3 is 32.9 Å². The van der Waals surface area contributed by atoms with Crippen LogP contribution in [0.25, 0.3) is 0 Å². The molecule has 0 aliphatic carbocycles. The zero-order valence-electron chi connectivity index (χ0n) is 14.7. The molecule has 3 atom stereocenters. The number of aliphatic imine (C=N–C) groups is 1. The number of thiol groups is 1. The second-order valence-corrected chi connectivity index (χ2v) is 6.83. The lowest BCUT2D eigenvalue weighted by Crippen LogP contribution is -2.54. The lowest BCUT2D eigenvalue weighted by molar-refractivity contribution is -0.141. The molecule has 0 saturated heterocycles. The van der Waals surface area contributed by atoms with Gasteiger partial charge in [-0.05, 0) is 31.3 Å². The molecule has 0 aromatic rings. The lowest BCUT2D eigenvalue weighted by Gasteiger charge is -2.22. The fourth-order valence-corrected chi connectivity index (χ4v) is 2.62. The molecule has 0 aromatic heterocycles. The average molecular weight is 409 g/mol. The predicted molar refractivity (Wildman–Crippen MR) is 106 cm³/mol. The van der Waals surface area contributed by atoms with E-state index in [2.05, 4.69) is 28.3 Å². The molecule has 0 bridgehead atoms. The van der Waals surface area contributed by atoms with Gasteiger partial charge >= 0.3 is 5.97 Å². The molecule has 0 spiro atoms. The maximum absolute atomic E-state index is 12.4. The maximum atomic E-state index is 12.4. The van der Waals surface area contributed by atoms with Crippen molar-refractivity contribution in [3.63, 3.8) is 0 Å². The quantitative estimate of drug-likeness (QED) is 0.0797. The van der Waals surface area contributed by atoms with Gasteiger partial charge in [-0.25, -0.2) is 4.79 Å². The van der Waals surface area contributed by atoms with Crippen LogP contribution in [0, 0.1) is 0 Å². The van der Waals surface area contributed by atoms with Crippen molar-refractivity contribution in [2.75, 3.05) is 24.3 Å². The van der Waals surface area contributed by atoms with E-state index in [-0.39, 0.29) is 24.7 Å². The summed E-state index contributed by atoms with van der Waals surface area (Å²) in [6.45, 7) is 0.273. The first-order chi connectivity index (χ1) is 12.2. The Labute approximate surface area is 162 Å². The van der Waals surface area contributed by atoms with Gasteiger partial charge in [0.1, 0.15) is 12.1 Å². The number of carboxylic acids is 1. The highest BCUT2D eigenvalue weighted by molar-refractivity contribution is 7.98. The highest BCUT2D eigenvalue weighted by Crippen LogP contribution is 2.03. The van der Waals surface area contributed by atoms with Crippen molar-refractivity contribution in [2.24, 2.45) is 22.2 Å². The first-order valence-corrected chi connectivity index (χ1v) is 9.99. The second kappa shape index (κ2) is 13.5. The molecule has 0 radical (unpaired) electrons. The third-order valence-electron chi connectivity index (χ3n) is 3.35. The molecule has 9 N–H and O–H groups in total. The normalized spacial score (nSPS) is 14.0. The zero-order chi connectivity index (χ0) is 20.1. The minimum Gasteiger partial charge on any atom is -0.480 e. The fourth-order valence-electron chi connectivity index (χ4n) is 1.88. The van der Waals surface area contributed by atoms with Crippen LogP contribution in [0.4, 0.5) is 0 Å². The van der Waals surface area contributed by atoms with Crippen LogP contribution in [0.1, 0.15) is 19.3 Å². The first-order valence-electron chi connectivity index (χ1n) is 7.97. The Bertz CT molecular complexity index is 502. The van der Waals surface area contributed by atoms with Gasteiger partial charge in [-0.15, -0.1) is 0 Å². The summed E-state index contributed by atoms with van der Waals surface area (Å²) in [4.78, 5) is 39.4. The Morgan fingerprint density at radius 1 is 1.15 bits per heavy atom. The van der Waals surface area contributed by atoms with Crippen molar-refractivity contribution < 1.29 is 19.5 Å². The van der Waals surface area contributed by atoms with Crippen LogP contribution in [0.15, 0.2) is 4.99 Å². The summed E-state index contributed by atoms with van der Waals surface area (Å²) in [7, 11) is 0. The van der Waals surface area contributed by atoms with Crippen molar-refractivity contribution in [1.29, 1.82) is 0 Å². The van der Waals surface area contributed by atoms with E-state index < -0.39 is 35.9 Å². The molecule has 0 aromatic carbocycles. The number of hydrogen-bond acceptors (Lipinski definition) is 7. The van der Waals surface area contributed by atoms with E-state index in [9.17, 15) is 14.4 Å². The van der Waals surface area contributed by atoms with Crippen molar-refractivity contribution in [2.45, 2.75) is 37.4 Å². The number of guanidine groups is 1. The number of carbonyl (C=O) groups is 3. The molecule has 2 amide bonds. The van der Waals surface area contributed by atoms with Crippen molar-refractivity contribution >= 4 is 48.1 Å². The van der Waals surface area contributed by atoms with Crippen molar-refractivity contribution in [1.82, 2.24) is 10.6 Å². The molecule has 3 unspecified atom stereocenters. The summed E-state index contributed by atoms with van der Waals surface area (Å²) in [5.41, 5.74) is 16.3. The van der Waals surface area contributed by atoms with Crippen LogP contribution in [0.5, 0.6) is 0 Å². The van der Waals surface area contributed by atoms with Crippen LogP contribution < -0.4 is 27.8 Å². The molecule has 0 fully saturated rings. The topological polar surface area (TPSA) is 186 Å². The molecule has 0 rings (SSSR count). The number of hydrogen-bond donors (Lipinski definition) is 7. The highest BCUT2D eigenvalue weighted by Gasteiger charge is 2.27. The Morgan fingerprint density at radius 3 is 2.27 bits per heavy atom. The predicted octanol–water partition coefficient (Wildman–Crippen LogP) is -1.90. The van der Waals surface area contributed by atoms with Crippen LogP contribution in [-0.2, 0) is 14.4 Å². The van der Waals surface area contributed by atoms with E-state index in [4.69, 9.17) is 22.3 Å². The Hall–Kier alpha value is -1.66. The van der Waals surface area contributed by atoms with Gasteiger partial charge in [0.05, 0.1) is 6.04 Å². The van der Waals surface area contributed by atoms with Crippen molar-refractivity contribution in [3.8, 4) is 0 Å². The minimum absolute atomic E-state index is 0.0739. The van der Waals surface area contributed by atoms with E-state index in [0.717, 1.165) is 0 Å². The number of carbonyl (C=O) groups excluding carboxylic acids is 2. The lowest BCUT2D eigenvalue weighted by atomic mass is 10.1. The molecule has 12 heteroatoms. The number of nitrogens with zero attached hydrogens (tertiary/aromatic N) is 1. The third-order valence-corrected chi connectivity index (χ3v) is 4.35. The molecule has 0 saturated carbocycles. The molecule has 150 valence electrons. The number of aliphatic carboxylic acids is 1. The van der Waals surface area contributed by atoms with E-state index in [0.29, 0.717) is 18.6 Å². The largest absolute Gasteiger partial charge is 0.480 e. The molecule has 0 aliphatic heterocycles. The number of carboxylic acid groups (broad SMARTS) is 1. The van der Waals surface area contributed by atoms with E-state index in [1.807, 2.05) is 6.26 Å². The summed E-state index contributed by atoms with van der Waals surface area (Å²) in [6.07, 6.45) is 3.00. The van der Waals surface area contributed by atoms with Gasteiger partial charge in [0.2, 0.25) is 11.8 Å². The number of nitrogens with one attached hydrogen (secondary N) is 2. The van der Waals surface area contributed by atoms with Gasteiger partial charge in [-0.2, -0.15) is 24.4 Å². The molecule has 0 heterocycles. The average Bonchev–Trinajstić information content (AvgIpc) is 2.58. The maximum Gasteiger partial charge on any atom is 0.327 e. The van der Waals surface area contributed by atoms with Crippen LogP contribution in [0.2, 0.25) is 0 Å². The van der Waals surface area contributed by atoms with Crippen LogP contribution in [0.3, 0.4) is 0 Å². The number of nitrogens with two attached hydrogens (primary N) is 3. The fraction of sp³-hybridized carbons (Fsp3) is 0.714. The number of amides is 2. The van der Waals surface area contributed by atoms with Gasteiger partial charge in [0.25, 0.3) is 0 Å². The van der Waals surface area contributed by atoms with E-state index >= 15 is 0 Å². The highest BCUT2D eigenvalue weighted by atomic mass is 32.2. The Morgan fingerprint density at radius 2 is 1.77 bits per heavy atom. The van der Waals surface area contributed by atoms with Gasteiger partial charge in [-0.1, -0.05) is 0 Å². The molecule has 10 nitrogen and oxygen atoms in total. The summed E-state index contributed by atoms with van der Waals surface area (Å²) in [6, 6.07) is -2.86. The van der Waals surface area contributed by atoms with Gasteiger partial charge in [0, 0.05) is 12.3 Å². The summed E-state index contributed by atoms with van der Waals surface area (Å²) in [5.74, 6) is -1.76. The molecular weight excluding hydrogens is 380 g/mol. The second-order valence-electron chi connectivity index (χ2n) is 5.48. The van der Waals surface area contributed by atoms with Gasteiger partial charge in [-0.3, -0.25) is 14.6 Å².